The summed E-state index contributed by atoms with van der Waals surface area (Å²) >= 11 is 5.95. The second-order valence-corrected chi connectivity index (χ2v) is 10.3. The summed E-state index contributed by atoms with van der Waals surface area (Å²) in [5, 5.41) is 3.82. The zero-order valence-electron chi connectivity index (χ0n) is 20.1. The number of esters is 1. The first-order valence-corrected chi connectivity index (χ1v) is 12.0. The number of carbonyl (C=O) groups is 2. The molecule has 0 radical (unpaired) electrons. The number of hydrogen-bond acceptors (Lipinski definition) is 4. The van der Waals surface area contributed by atoms with Crippen LogP contribution in [0.5, 0.6) is 0 Å². The zero-order chi connectivity index (χ0) is 24.0. The van der Waals surface area contributed by atoms with Gasteiger partial charge in [0.15, 0.2) is 0 Å². The van der Waals surface area contributed by atoms with Crippen LogP contribution in [0.25, 0.3) is 0 Å². The first kappa shape index (κ1) is 25.3. The third-order valence-corrected chi connectivity index (χ3v) is 6.35. The van der Waals surface area contributed by atoms with Gasteiger partial charge in [-0.2, -0.15) is 0 Å². The smallest absolute Gasteiger partial charge is 0.320 e. The molecule has 0 aliphatic heterocycles. The molecule has 33 heavy (non-hydrogen) atoms. The molecule has 3 rings (SSSR count). The Morgan fingerprint density at radius 3 is 2.36 bits per heavy atom. The molecule has 0 unspecified atom stereocenters. The molecule has 6 heteroatoms. The average Bonchev–Trinajstić information content (AvgIpc) is 2.78. The highest BCUT2D eigenvalue weighted by atomic mass is 35.5. The van der Waals surface area contributed by atoms with Gasteiger partial charge in [-0.1, -0.05) is 35.9 Å². The van der Waals surface area contributed by atoms with Crippen molar-refractivity contribution in [3.63, 3.8) is 0 Å². The van der Waals surface area contributed by atoms with Crippen LogP contribution in [-0.2, 0) is 16.1 Å². The summed E-state index contributed by atoms with van der Waals surface area (Å²) < 4.78 is 5.34. The molecule has 5 nitrogen and oxygen atoms in total. The van der Waals surface area contributed by atoms with Crippen molar-refractivity contribution >= 4 is 23.5 Å². The van der Waals surface area contributed by atoms with Crippen LogP contribution in [0.1, 0.15) is 73.9 Å². The standard InChI is InChI=1S/C27H35ClN2O3/c1-27(2,3)33-25(31)18-29-17-19-6-5-7-22(16-19)20-10-14-24(15-11-20)30(4)26(32)21-8-12-23(28)13-9-21/h5-9,12-13,16,20,24,29H,10-11,14-15,17-18H2,1-4H3. The minimum Gasteiger partial charge on any atom is -0.459 e. The number of halogens is 1. The summed E-state index contributed by atoms with van der Waals surface area (Å²) in [4.78, 5) is 26.6. The third kappa shape index (κ3) is 7.58. The van der Waals surface area contributed by atoms with E-state index in [1.54, 1.807) is 24.3 Å². The van der Waals surface area contributed by atoms with Gasteiger partial charge in [0, 0.05) is 30.2 Å². The van der Waals surface area contributed by atoms with Crippen LogP contribution < -0.4 is 5.32 Å². The Labute approximate surface area is 202 Å². The summed E-state index contributed by atoms with van der Waals surface area (Å²) in [6, 6.07) is 15.9. The number of rotatable bonds is 7. The highest BCUT2D eigenvalue weighted by Crippen LogP contribution is 2.35. The van der Waals surface area contributed by atoms with Crippen LogP contribution in [0.3, 0.4) is 0 Å². The summed E-state index contributed by atoms with van der Waals surface area (Å²) in [6.45, 7) is 6.43. The van der Waals surface area contributed by atoms with Crippen molar-refractivity contribution < 1.29 is 14.3 Å². The lowest BCUT2D eigenvalue weighted by atomic mass is 9.81. The molecule has 0 saturated heterocycles. The summed E-state index contributed by atoms with van der Waals surface area (Å²) in [6.07, 6.45) is 4.08. The monoisotopic (exact) mass is 470 g/mol. The Morgan fingerprint density at radius 1 is 1.06 bits per heavy atom. The van der Waals surface area contributed by atoms with Gasteiger partial charge >= 0.3 is 5.97 Å². The molecule has 0 spiro atoms. The van der Waals surface area contributed by atoms with E-state index in [-0.39, 0.29) is 24.5 Å². The van der Waals surface area contributed by atoms with Crippen molar-refractivity contribution in [1.82, 2.24) is 10.2 Å². The fourth-order valence-corrected chi connectivity index (χ4v) is 4.53. The molecule has 1 aliphatic carbocycles. The first-order valence-electron chi connectivity index (χ1n) is 11.7. The maximum absolute atomic E-state index is 12.8. The van der Waals surface area contributed by atoms with Crippen LogP contribution >= 0.6 is 11.6 Å². The van der Waals surface area contributed by atoms with Crippen LogP contribution in [0.4, 0.5) is 0 Å². The van der Waals surface area contributed by atoms with Crippen LogP contribution in [0, 0.1) is 0 Å². The second kappa shape index (κ2) is 11.2. The third-order valence-electron chi connectivity index (χ3n) is 6.10. The molecule has 0 atom stereocenters. The predicted octanol–water partition coefficient (Wildman–Crippen LogP) is 5.57. The van der Waals surface area contributed by atoms with E-state index in [4.69, 9.17) is 16.3 Å². The Hall–Kier alpha value is -2.37. The number of amides is 1. The fourth-order valence-electron chi connectivity index (χ4n) is 4.40. The van der Waals surface area contributed by atoms with Crippen molar-refractivity contribution in [3.8, 4) is 0 Å². The van der Waals surface area contributed by atoms with Crippen LogP contribution in [0.2, 0.25) is 5.02 Å². The molecule has 178 valence electrons. The fraction of sp³-hybridized carbons (Fsp3) is 0.481. The van der Waals surface area contributed by atoms with E-state index in [1.807, 2.05) is 32.7 Å². The summed E-state index contributed by atoms with van der Waals surface area (Å²) in [5.74, 6) is 0.300. The van der Waals surface area contributed by atoms with Gasteiger partial charge in [0.05, 0.1) is 6.54 Å². The first-order chi connectivity index (χ1) is 15.6. The molecule has 1 aliphatic rings. The minimum absolute atomic E-state index is 0.0492. The number of nitrogens with zero attached hydrogens (tertiary/aromatic N) is 1. The molecule has 1 amide bonds. The molecule has 0 bridgehead atoms. The van der Waals surface area contributed by atoms with E-state index < -0.39 is 5.60 Å². The van der Waals surface area contributed by atoms with Crippen molar-refractivity contribution in [2.75, 3.05) is 13.6 Å². The topological polar surface area (TPSA) is 58.6 Å². The van der Waals surface area contributed by atoms with E-state index in [0.29, 0.717) is 23.0 Å². The van der Waals surface area contributed by atoms with Crippen molar-refractivity contribution in [1.29, 1.82) is 0 Å². The maximum atomic E-state index is 12.8. The van der Waals surface area contributed by atoms with Gasteiger partial charge in [0.2, 0.25) is 0 Å². The van der Waals surface area contributed by atoms with Crippen LogP contribution in [0.15, 0.2) is 48.5 Å². The number of hydrogen-bond donors (Lipinski definition) is 1. The Balaban J connectivity index is 1.50. The number of ether oxygens (including phenoxy) is 1. The zero-order valence-corrected chi connectivity index (χ0v) is 20.8. The largest absolute Gasteiger partial charge is 0.459 e. The lowest BCUT2D eigenvalue weighted by molar-refractivity contribution is -0.153. The van der Waals surface area contributed by atoms with E-state index in [9.17, 15) is 9.59 Å². The molecule has 2 aromatic rings. The van der Waals surface area contributed by atoms with Crippen molar-refractivity contribution in [2.45, 2.75) is 70.6 Å². The number of benzene rings is 2. The minimum atomic E-state index is -0.467. The number of carbonyl (C=O) groups excluding carboxylic acids is 2. The normalized spacial score (nSPS) is 18.6. The van der Waals surface area contributed by atoms with Gasteiger partial charge in [0.25, 0.3) is 5.91 Å². The molecular weight excluding hydrogens is 436 g/mol. The molecule has 0 heterocycles. The molecular formula is C27H35ClN2O3. The maximum Gasteiger partial charge on any atom is 0.320 e. The van der Waals surface area contributed by atoms with E-state index in [2.05, 4.69) is 29.6 Å². The lowest BCUT2D eigenvalue weighted by Gasteiger charge is -2.35. The van der Waals surface area contributed by atoms with Crippen molar-refractivity contribution in [2.24, 2.45) is 0 Å². The average molecular weight is 471 g/mol. The Kier molecular flexibility index (Phi) is 8.55. The Bertz CT molecular complexity index is 945. The summed E-state index contributed by atoms with van der Waals surface area (Å²) in [5.41, 5.74) is 2.70. The summed E-state index contributed by atoms with van der Waals surface area (Å²) in [7, 11) is 1.90. The van der Waals surface area contributed by atoms with Crippen LogP contribution in [-0.4, -0.2) is 42.0 Å². The van der Waals surface area contributed by atoms with Gasteiger partial charge in [-0.15, -0.1) is 0 Å². The molecule has 2 aromatic carbocycles. The van der Waals surface area contributed by atoms with Gasteiger partial charge in [-0.25, -0.2) is 0 Å². The number of nitrogens with one attached hydrogen (secondary N) is 1. The molecule has 0 aromatic heterocycles. The second-order valence-electron chi connectivity index (χ2n) is 9.86. The Morgan fingerprint density at radius 2 is 1.73 bits per heavy atom. The van der Waals surface area contributed by atoms with E-state index in [0.717, 1.165) is 31.2 Å². The molecule has 1 N–H and O–H groups in total. The van der Waals surface area contributed by atoms with Crippen molar-refractivity contribution in [3.05, 3.63) is 70.2 Å². The van der Waals surface area contributed by atoms with Gasteiger partial charge in [-0.3, -0.25) is 9.59 Å². The van der Waals surface area contributed by atoms with Gasteiger partial charge < -0.3 is 15.0 Å². The van der Waals surface area contributed by atoms with Gasteiger partial charge in [-0.05, 0) is 87.8 Å². The predicted molar refractivity (Wildman–Crippen MR) is 133 cm³/mol. The lowest BCUT2D eigenvalue weighted by Crippen LogP contribution is -2.39. The quantitative estimate of drug-likeness (QED) is 0.537. The highest BCUT2D eigenvalue weighted by Gasteiger charge is 2.28. The SMILES string of the molecule is CN(C(=O)c1ccc(Cl)cc1)C1CCC(c2cccc(CNCC(=O)OC(C)(C)C)c2)CC1. The molecule has 1 fully saturated rings. The molecule has 1 saturated carbocycles. The van der Waals surface area contributed by atoms with Gasteiger partial charge in [0.1, 0.15) is 5.60 Å². The van der Waals surface area contributed by atoms with E-state index >= 15 is 0 Å². The highest BCUT2D eigenvalue weighted by molar-refractivity contribution is 6.30. The van der Waals surface area contributed by atoms with E-state index in [1.165, 1.54) is 5.56 Å².